The van der Waals surface area contributed by atoms with Gasteiger partial charge in [0.2, 0.25) is 5.91 Å². The van der Waals surface area contributed by atoms with Gasteiger partial charge >= 0.3 is 0 Å². The van der Waals surface area contributed by atoms with Crippen LogP contribution >= 0.6 is 11.8 Å². The lowest BCUT2D eigenvalue weighted by Crippen LogP contribution is -2.35. The molecule has 0 saturated carbocycles. The van der Waals surface area contributed by atoms with Gasteiger partial charge in [0.15, 0.2) is 0 Å². The predicted octanol–water partition coefficient (Wildman–Crippen LogP) is 2.51. The molecule has 0 spiro atoms. The third kappa shape index (κ3) is 2.80. The van der Waals surface area contributed by atoms with Crippen molar-refractivity contribution in [3.05, 3.63) is 29.3 Å². The first-order valence-corrected chi connectivity index (χ1v) is 7.62. The Kier molecular flexibility index (Phi) is 4.17. The second-order valence-electron chi connectivity index (χ2n) is 4.79. The highest BCUT2D eigenvalue weighted by Crippen LogP contribution is 2.31. The molecule has 1 aromatic carbocycles. The zero-order valence-electron chi connectivity index (χ0n) is 10.9. The fraction of sp³-hybridized carbons (Fsp3) is 0.500. The van der Waals surface area contributed by atoms with Crippen LogP contribution in [0.1, 0.15) is 36.9 Å². The maximum atomic E-state index is 12.0. The summed E-state index contributed by atoms with van der Waals surface area (Å²) in [6.45, 7) is 1.94. The summed E-state index contributed by atoms with van der Waals surface area (Å²) >= 11 is 1.57. The number of carbonyl (C=O) groups excluding carboxylic acids is 1. The van der Waals surface area contributed by atoms with E-state index in [-0.39, 0.29) is 17.2 Å². The van der Waals surface area contributed by atoms with Crippen molar-refractivity contribution in [2.75, 3.05) is 12.0 Å². The zero-order valence-corrected chi connectivity index (χ0v) is 11.7. The lowest BCUT2D eigenvalue weighted by Gasteiger charge is -2.27. The zero-order chi connectivity index (χ0) is 13.1. The SMILES string of the molecule is CSC(C)C(=O)NC1CCCc2cc(N)ccc21. The predicted molar refractivity (Wildman–Crippen MR) is 77.7 cm³/mol. The molecule has 2 rings (SSSR count). The summed E-state index contributed by atoms with van der Waals surface area (Å²) in [5.41, 5.74) is 9.13. The number of rotatable bonds is 3. The van der Waals surface area contributed by atoms with E-state index in [9.17, 15) is 4.79 Å². The maximum Gasteiger partial charge on any atom is 0.233 e. The molecule has 0 fully saturated rings. The fourth-order valence-electron chi connectivity index (χ4n) is 2.38. The molecule has 3 nitrogen and oxygen atoms in total. The highest BCUT2D eigenvalue weighted by molar-refractivity contribution is 7.99. The number of thioether (sulfide) groups is 1. The van der Waals surface area contributed by atoms with Crippen molar-refractivity contribution in [3.8, 4) is 0 Å². The Balaban J connectivity index is 2.15. The Morgan fingerprint density at radius 3 is 3.06 bits per heavy atom. The Labute approximate surface area is 113 Å². The van der Waals surface area contributed by atoms with E-state index in [1.54, 1.807) is 11.8 Å². The molecular weight excluding hydrogens is 244 g/mol. The lowest BCUT2D eigenvalue weighted by molar-refractivity contribution is -0.121. The Hall–Kier alpha value is -1.16. The van der Waals surface area contributed by atoms with E-state index in [4.69, 9.17) is 5.73 Å². The molecule has 0 saturated heterocycles. The van der Waals surface area contributed by atoms with E-state index in [0.717, 1.165) is 24.9 Å². The first-order chi connectivity index (χ1) is 8.61. The summed E-state index contributed by atoms with van der Waals surface area (Å²) < 4.78 is 0. The molecule has 1 aliphatic carbocycles. The fourth-order valence-corrected chi connectivity index (χ4v) is 2.66. The standard InChI is InChI=1S/C14H20N2OS/c1-9(18-2)14(17)16-13-5-3-4-10-8-11(15)6-7-12(10)13/h6-9,13H,3-5,15H2,1-2H3,(H,16,17). The molecule has 0 bridgehead atoms. The van der Waals surface area contributed by atoms with Crippen LogP contribution in [0, 0.1) is 0 Å². The molecule has 0 aliphatic heterocycles. The van der Waals surface area contributed by atoms with E-state index in [2.05, 4.69) is 11.4 Å². The molecule has 1 amide bonds. The van der Waals surface area contributed by atoms with Gasteiger partial charge < -0.3 is 11.1 Å². The Morgan fingerprint density at radius 1 is 1.56 bits per heavy atom. The summed E-state index contributed by atoms with van der Waals surface area (Å²) in [4.78, 5) is 12.0. The molecule has 4 heteroatoms. The van der Waals surface area contributed by atoms with Gasteiger partial charge in [0.25, 0.3) is 0 Å². The second-order valence-corrected chi connectivity index (χ2v) is 5.97. The average Bonchev–Trinajstić information content (AvgIpc) is 2.37. The number of amides is 1. The number of hydrogen-bond donors (Lipinski definition) is 2. The molecule has 1 aliphatic rings. The van der Waals surface area contributed by atoms with Crippen LogP contribution in [0.25, 0.3) is 0 Å². The van der Waals surface area contributed by atoms with Crippen molar-refractivity contribution in [2.24, 2.45) is 0 Å². The Morgan fingerprint density at radius 2 is 2.33 bits per heavy atom. The summed E-state index contributed by atoms with van der Waals surface area (Å²) in [7, 11) is 0. The number of nitrogens with one attached hydrogen (secondary N) is 1. The number of nitrogens with two attached hydrogens (primary N) is 1. The number of aryl methyl sites for hydroxylation is 1. The van der Waals surface area contributed by atoms with Crippen LogP contribution in [0.2, 0.25) is 0 Å². The Bertz CT molecular complexity index is 447. The van der Waals surface area contributed by atoms with E-state index < -0.39 is 0 Å². The van der Waals surface area contributed by atoms with Gasteiger partial charge in [-0.15, -0.1) is 0 Å². The van der Waals surface area contributed by atoms with Crippen LogP contribution in [0.5, 0.6) is 0 Å². The minimum absolute atomic E-state index is 0.00385. The monoisotopic (exact) mass is 264 g/mol. The number of benzene rings is 1. The molecule has 98 valence electrons. The second kappa shape index (κ2) is 5.65. The molecule has 18 heavy (non-hydrogen) atoms. The minimum Gasteiger partial charge on any atom is -0.399 e. The highest BCUT2D eigenvalue weighted by Gasteiger charge is 2.23. The van der Waals surface area contributed by atoms with Gasteiger partial charge in [-0.25, -0.2) is 0 Å². The van der Waals surface area contributed by atoms with E-state index in [0.29, 0.717) is 0 Å². The van der Waals surface area contributed by atoms with Crippen LogP contribution in [-0.2, 0) is 11.2 Å². The van der Waals surface area contributed by atoms with Crippen LogP contribution in [-0.4, -0.2) is 17.4 Å². The molecule has 1 aromatic rings. The summed E-state index contributed by atoms with van der Waals surface area (Å²) in [5.74, 6) is 0.122. The summed E-state index contributed by atoms with van der Waals surface area (Å²) in [6, 6.07) is 6.15. The van der Waals surface area contributed by atoms with Gasteiger partial charge in [0.1, 0.15) is 0 Å². The number of fused-ring (bicyclic) bond motifs is 1. The smallest absolute Gasteiger partial charge is 0.233 e. The van der Waals surface area contributed by atoms with E-state index >= 15 is 0 Å². The van der Waals surface area contributed by atoms with Crippen LogP contribution in [0.15, 0.2) is 18.2 Å². The third-order valence-corrected chi connectivity index (χ3v) is 4.44. The quantitative estimate of drug-likeness (QED) is 0.825. The van der Waals surface area contributed by atoms with Crippen molar-refractivity contribution in [2.45, 2.75) is 37.5 Å². The molecule has 0 aromatic heterocycles. The van der Waals surface area contributed by atoms with Gasteiger partial charge in [0.05, 0.1) is 11.3 Å². The molecule has 0 heterocycles. The molecule has 0 radical (unpaired) electrons. The number of nitrogen functional groups attached to an aromatic ring is 1. The van der Waals surface area contributed by atoms with Gasteiger partial charge in [-0.1, -0.05) is 6.07 Å². The van der Waals surface area contributed by atoms with Crippen LogP contribution in [0.3, 0.4) is 0 Å². The molecule has 2 unspecified atom stereocenters. The van der Waals surface area contributed by atoms with Crippen molar-refractivity contribution in [1.82, 2.24) is 5.32 Å². The van der Waals surface area contributed by atoms with Gasteiger partial charge in [-0.3, -0.25) is 4.79 Å². The van der Waals surface area contributed by atoms with Gasteiger partial charge in [0, 0.05) is 5.69 Å². The van der Waals surface area contributed by atoms with Crippen molar-refractivity contribution >= 4 is 23.4 Å². The largest absolute Gasteiger partial charge is 0.399 e. The molecule has 2 atom stereocenters. The average molecular weight is 264 g/mol. The first kappa shape index (κ1) is 13.3. The lowest BCUT2D eigenvalue weighted by atomic mass is 9.87. The van der Waals surface area contributed by atoms with Crippen LogP contribution in [0.4, 0.5) is 5.69 Å². The van der Waals surface area contributed by atoms with Gasteiger partial charge in [-0.2, -0.15) is 11.8 Å². The van der Waals surface area contributed by atoms with Crippen LogP contribution < -0.4 is 11.1 Å². The topological polar surface area (TPSA) is 55.1 Å². The maximum absolute atomic E-state index is 12.0. The normalized spacial score (nSPS) is 20.0. The molecule has 3 N–H and O–H groups in total. The summed E-state index contributed by atoms with van der Waals surface area (Å²) in [6.07, 6.45) is 5.14. The number of anilines is 1. The minimum atomic E-state index is 0.00385. The molecular formula is C14H20N2OS. The van der Waals surface area contributed by atoms with Gasteiger partial charge in [-0.05, 0) is 55.7 Å². The van der Waals surface area contributed by atoms with Crippen molar-refractivity contribution < 1.29 is 4.79 Å². The van der Waals surface area contributed by atoms with Crippen molar-refractivity contribution in [1.29, 1.82) is 0 Å². The highest BCUT2D eigenvalue weighted by atomic mass is 32.2. The van der Waals surface area contributed by atoms with Crippen molar-refractivity contribution in [3.63, 3.8) is 0 Å². The van der Waals surface area contributed by atoms with E-state index in [1.165, 1.54) is 11.1 Å². The first-order valence-electron chi connectivity index (χ1n) is 6.33. The number of hydrogen-bond acceptors (Lipinski definition) is 3. The summed E-state index contributed by atoms with van der Waals surface area (Å²) in [5, 5.41) is 3.15. The number of carbonyl (C=O) groups is 1. The van der Waals surface area contributed by atoms with E-state index in [1.807, 2.05) is 25.3 Å². The third-order valence-electron chi connectivity index (χ3n) is 3.52.